The number of ether oxygens (including phenoxy) is 1. The highest BCUT2D eigenvalue weighted by atomic mass is 16.6. The number of anilines is 1. The topological polar surface area (TPSA) is 102 Å². The van der Waals surface area contributed by atoms with Crippen molar-refractivity contribution in [2.75, 3.05) is 11.4 Å². The van der Waals surface area contributed by atoms with E-state index in [1.54, 1.807) is 11.0 Å². The Kier molecular flexibility index (Phi) is 6.16. The molecule has 1 aliphatic heterocycles. The summed E-state index contributed by atoms with van der Waals surface area (Å²) in [6, 6.07) is 14.2. The molecule has 0 bridgehead atoms. The van der Waals surface area contributed by atoms with Crippen LogP contribution in [0.3, 0.4) is 0 Å². The lowest BCUT2D eigenvalue weighted by molar-refractivity contribution is -0.384. The van der Waals surface area contributed by atoms with Gasteiger partial charge in [-0.3, -0.25) is 14.9 Å². The molecule has 2 amide bonds. The molecule has 0 aromatic heterocycles. The van der Waals surface area contributed by atoms with E-state index in [1.165, 1.54) is 12.1 Å². The Morgan fingerprint density at radius 2 is 1.84 bits per heavy atom. The molecule has 1 heterocycles. The van der Waals surface area contributed by atoms with Gasteiger partial charge in [0.25, 0.3) is 5.69 Å². The number of hydrogen-bond acceptors (Lipinski definition) is 5. The second-order valence-electron chi connectivity index (χ2n) is 8.06. The second-order valence-corrected chi connectivity index (χ2v) is 8.06. The number of fused-ring (bicyclic) bond motifs is 1. The molecule has 0 spiro atoms. The molecule has 8 heteroatoms. The highest BCUT2D eigenvalue weighted by Gasteiger charge is 2.34. The minimum absolute atomic E-state index is 0.000346. The lowest BCUT2D eigenvalue weighted by atomic mass is 9.85. The molecule has 8 nitrogen and oxygen atoms in total. The van der Waals surface area contributed by atoms with Crippen LogP contribution in [0.5, 0.6) is 0 Å². The van der Waals surface area contributed by atoms with E-state index in [4.69, 9.17) is 4.74 Å². The summed E-state index contributed by atoms with van der Waals surface area (Å²) >= 11 is 0. The molecule has 162 valence electrons. The van der Waals surface area contributed by atoms with Gasteiger partial charge in [0.05, 0.1) is 10.6 Å². The Bertz CT molecular complexity index is 970. The zero-order valence-corrected chi connectivity index (χ0v) is 17.2. The Balaban J connectivity index is 1.28. The van der Waals surface area contributed by atoms with Crippen molar-refractivity contribution in [3.05, 3.63) is 69.8 Å². The lowest BCUT2D eigenvalue weighted by Gasteiger charge is -2.30. The van der Waals surface area contributed by atoms with Gasteiger partial charge in [-0.15, -0.1) is 0 Å². The maximum atomic E-state index is 13.1. The highest BCUT2D eigenvalue weighted by Crippen LogP contribution is 2.35. The summed E-state index contributed by atoms with van der Waals surface area (Å²) < 4.78 is 5.28. The Hall–Kier alpha value is -3.42. The Morgan fingerprint density at radius 1 is 1.10 bits per heavy atom. The van der Waals surface area contributed by atoms with Gasteiger partial charge in [-0.25, -0.2) is 4.79 Å². The molecular formula is C23H25N3O5. The average molecular weight is 423 g/mol. The standard InChI is InChI=1S/C23H25N3O5/c27-22(25-13-12-17-8-11-20(26(29)30)14-21(17)25)18-6-9-19(10-7-18)24-23(28)31-15-16-4-2-1-3-5-16/h1-5,8,11,14,18-19H,6-7,9-10,12-13,15H2,(H,24,28). The zero-order valence-electron chi connectivity index (χ0n) is 17.2. The van der Waals surface area contributed by atoms with Crippen LogP contribution in [0.15, 0.2) is 48.5 Å². The van der Waals surface area contributed by atoms with Crippen LogP contribution in [0.2, 0.25) is 0 Å². The van der Waals surface area contributed by atoms with Gasteiger partial charge in [-0.1, -0.05) is 36.4 Å². The summed E-state index contributed by atoms with van der Waals surface area (Å²) in [5, 5.41) is 14.0. The summed E-state index contributed by atoms with van der Waals surface area (Å²) in [6.07, 6.45) is 3.01. The predicted molar refractivity (Wildman–Crippen MR) is 115 cm³/mol. The van der Waals surface area contributed by atoms with Crippen molar-refractivity contribution in [1.29, 1.82) is 0 Å². The number of nitro groups is 1. The predicted octanol–water partition coefficient (Wildman–Crippen LogP) is 3.97. The number of nitro benzene ring substituents is 1. The Labute approximate surface area is 180 Å². The molecule has 1 N–H and O–H groups in total. The first-order valence-corrected chi connectivity index (χ1v) is 10.6. The molecule has 2 aromatic carbocycles. The van der Waals surface area contributed by atoms with Gasteiger partial charge in [-0.05, 0) is 43.2 Å². The van der Waals surface area contributed by atoms with Crippen LogP contribution in [0, 0.1) is 16.0 Å². The van der Waals surface area contributed by atoms with Crippen LogP contribution < -0.4 is 10.2 Å². The summed E-state index contributed by atoms with van der Waals surface area (Å²) in [6.45, 7) is 0.778. The fourth-order valence-electron chi connectivity index (χ4n) is 4.35. The lowest BCUT2D eigenvalue weighted by Crippen LogP contribution is -2.42. The van der Waals surface area contributed by atoms with Gasteiger partial charge in [0.1, 0.15) is 6.61 Å². The molecule has 31 heavy (non-hydrogen) atoms. The molecule has 0 saturated heterocycles. The molecule has 2 aliphatic rings. The molecule has 0 radical (unpaired) electrons. The number of hydrogen-bond donors (Lipinski definition) is 1. The van der Waals surface area contributed by atoms with Crippen LogP contribution in [0.1, 0.15) is 36.8 Å². The fourth-order valence-corrected chi connectivity index (χ4v) is 4.35. The number of benzene rings is 2. The number of non-ortho nitro benzene ring substituents is 1. The van der Waals surface area contributed by atoms with Crippen molar-refractivity contribution in [1.82, 2.24) is 5.32 Å². The van der Waals surface area contributed by atoms with Crippen LogP contribution in [-0.2, 0) is 22.6 Å². The summed E-state index contributed by atoms with van der Waals surface area (Å²) in [7, 11) is 0. The first kappa shape index (κ1) is 20.8. The van der Waals surface area contributed by atoms with E-state index in [-0.39, 0.29) is 30.2 Å². The summed E-state index contributed by atoms with van der Waals surface area (Å²) in [5.41, 5.74) is 2.55. The van der Waals surface area contributed by atoms with Crippen molar-refractivity contribution in [3.8, 4) is 0 Å². The average Bonchev–Trinajstić information content (AvgIpc) is 3.21. The fraction of sp³-hybridized carbons (Fsp3) is 0.391. The van der Waals surface area contributed by atoms with Gasteiger partial charge < -0.3 is 15.0 Å². The smallest absolute Gasteiger partial charge is 0.407 e. The van der Waals surface area contributed by atoms with Crippen molar-refractivity contribution >= 4 is 23.4 Å². The van der Waals surface area contributed by atoms with Gasteiger partial charge in [-0.2, -0.15) is 0 Å². The van der Waals surface area contributed by atoms with E-state index in [0.29, 0.717) is 44.3 Å². The first-order valence-electron chi connectivity index (χ1n) is 10.6. The van der Waals surface area contributed by atoms with Gasteiger partial charge >= 0.3 is 6.09 Å². The quantitative estimate of drug-likeness (QED) is 0.579. The van der Waals surface area contributed by atoms with Gasteiger partial charge in [0.15, 0.2) is 0 Å². The van der Waals surface area contributed by atoms with E-state index >= 15 is 0 Å². The van der Waals surface area contributed by atoms with Crippen LogP contribution in [0.4, 0.5) is 16.2 Å². The second kappa shape index (κ2) is 9.16. The monoisotopic (exact) mass is 423 g/mol. The van der Waals surface area contributed by atoms with E-state index < -0.39 is 11.0 Å². The van der Waals surface area contributed by atoms with Gasteiger partial charge in [0.2, 0.25) is 5.91 Å². The SMILES string of the molecule is O=C(NC1CCC(C(=O)N2CCc3ccc([N+](=O)[O-])cc32)CC1)OCc1ccccc1. The molecule has 1 saturated carbocycles. The van der Waals surface area contributed by atoms with E-state index in [9.17, 15) is 19.7 Å². The van der Waals surface area contributed by atoms with Crippen molar-refractivity contribution in [3.63, 3.8) is 0 Å². The molecule has 2 aromatic rings. The normalized spacial score (nSPS) is 20.1. The number of nitrogens with one attached hydrogen (secondary N) is 1. The maximum Gasteiger partial charge on any atom is 0.407 e. The maximum absolute atomic E-state index is 13.1. The minimum Gasteiger partial charge on any atom is -0.445 e. The van der Waals surface area contributed by atoms with E-state index in [0.717, 1.165) is 11.1 Å². The van der Waals surface area contributed by atoms with Crippen LogP contribution in [0.25, 0.3) is 0 Å². The largest absolute Gasteiger partial charge is 0.445 e. The number of rotatable bonds is 5. The Morgan fingerprint density at radius 3 is 2.55 bits per heavy atom. The number of amides is 2. The van der Waals surface area contributed by atoms with E-state index in [1.807, 2.05) is 30.3 Å². The summed E-state index contributed by atoms with van der Waals surface area (Å²) in [4.78, 5) is 37.5. The van der Waals surface area contributed by atoms with Crippen LogP contribution >= 0.6 is 0 Å². The third-order valence-corrected chi connectivity index (χ3v) is 6.05. The minimum atomic E-state index is -0.445. The molecule has 1 aliphatic carbocycles. The first-order chi connectivity index (χ1) is 15.0. The zero-order chi connectivity index (χ0) is 21.8. The van der Waals surface area contributed by atoms with E-state index in [2.05, 4.69) is 5.32 Å². The van der Waals surface area contributed by atoms with Crippen LogP contribution in [-0.4, -0.2) is 29.5 Å². The third kappa shape index (κ3) is 4.84. The molecule has 4 rings (SSSR count). The molecule has 1 fully saturated rings. The van der Waals surface area contributed by atoms with Crippen molar-refractivity contribution in [2.24, 2.45) is 5.92 Å². The highest BCUT2D eigenvalue weighted by molar-refractivity contribution is 5.97. The van der Waals surface area contributed by atoms with Crippen molar-refractivity contribution in [2.45, 2.75) is 44.8 Å². The summed E-state index contributed by atoms with van der Waals surface area (Å²) in [5.74, 6) is -0.118. The number of carbonyl (C=O) groups excluding carboxylic acids is 2. The number of alkyl carbamates (subject to hydrolysis) is 1. The third-order valence-electron chi connectivity index (χ3n) is 6.05. The molecule has 0 unspecified atom stereocenters. The van der Waals surface area contributed by atoms with Gasteiger partial charge in [0, 0.05) is 30.6 Å². The molecule has 0 atom stereocenters. The number of carbonyl (C=O) groups is 2. The van der Waals surface area contributed by atoms with Crippen molar-refractivity contribution < 1.29 is 19.2 Å². The molecular weight excluding hydrogens is 398 g/mol. The number of nitrogens with zero attached hydrogens (tertiary/aromatic N) is 2.